The van der Waals surface area contributed by atoms with Gasteiger partial charge in [0.15, 0.2) is 4.98 Å². The Kier molecular flexibility index (Phi) is 2.25. The van der Waals surface area contributed by atoms with E-state index in [0.717, 1.165) is 4.47 Å². The average Bonchev–Trinajstić information content (AvgIpc) is 1.95. The van der Waals surface area contributed by atoms with Crippen molar-refractivity contribution in [3.63, 3.8) is 0 Å². The molecular weight excluding hydrogens is 215 g/mol. The van der Waals surface area contributed by atoms with E-state index in [4.69, 9.17) is 17.0 Å². The Balaban J connectivity index is 3.20. The molecule has 0 radical (unpaired) electrons. The molecule has 1 aromatic carbocycles. The number of nitrogens with zero attached hydrogens (tertiary/aromatic N) is 2. The highest BCUT2D eigenvalue weighted by Gasteiger charge is 2.05. The lowest BCUT2D eigenvalue weighted by atomic mass is 10.3. The van der Waals surface area contributed by atoms with Gasteiger partial charge in [-0.05, 0) is 22.0 Å². The number of hydrogen-bond acceptors (Lipinski definition) is 1. The van der Waals surface area contributed by atoms with Crippen LogP contribution < -0.4 is 0 Å². The minimum Gasteiger partial charge on any atom is -0.0828 e. The number of diazo groups is 1. The summed E-state index contributed by atoms with van der Waals surface area (Å²) in [6.07, 6.45) is 0. The molecule has 2 nitrogen and oxygen atoms in total. The second-order valence-corrected chi connectivity index (χ2v) is 2.96. The van der Waals surface area contributed by atoms with Crippen molar-refractivity contribution in [1.82, 2.24) is 0 Å². The summed E-state index contributed by atoms with van der Waals surface area (Å²) in [6.45, 7) is 0. The van der Waals surface area contributed by atoms with E-state index in [9.17, 15) is 0 Å². The molecule has 1 aromatic rings. The molecule has 4 heteroatoms. The summed E-state index contributed by atoms with van der Waals surface area (Å²) in [4.78, 5) is 2.97. The van der Waals surface area contributed by atoms with Gasteiger partial charge >= 0.3 is 5.69 Å². The van der Waals surface area contributed by atoms with Gasteiger partial charge in [-0.2, -0.15) is 0 Å². The number of halogens is 2. The molecule has 0 heterocycles. The van der Waals surface area contributed by atoms with E-state index < -0.39 is 0 Å². The first-order valence-corrected chi connectivity index (χ1v) is 3.71. The second kappa shape index (κ2) is 3.00. The van der Waals surface area contributed by atoms with E-state index in [1.54, 1.807) is 18.2 Å². The Morgan fingerprint density at radius 1 is 1.50 bits per heavy atom. The van der Waals surface area contributed by atoms with Gasteiger partial charge in [-0.1, -0.05) is 11.6 Å². The number of hydrogen-bond donors (Lipinski definition) is 0. The van der Waals surface area contributed by atoms with Crippen LogP contribution in [0.2, 0.25) is 5.02 Å². The molecule has 0 aliphatic heterocycles. The quantitative estimate of drug-likeness (QED) is 0.612. The largest absolute Gasteiger partial charge is 0.386 e. The molecule has 0 spiro atoms. The Bertz CT molecular complexity index is 292. The van der Waals surface area contributed by atoms with Gasteiger partial charge in [-0.15, -0.1) is 0 Å². The summed E-state index contributed by atoms with van der Waals surface area (Å²) in [6, 6.07) is 4.93. The monoisotopic (exact) mass is 217 g/mol. The minimum absolute atomic E-state index is 0.452. The zero-order valence-corrected chi connectivity index (χ0v) is 7.22. The zero-order valence-electron chi connectivity index (χ0n) is 4.88. The average molecular weight is 218 g/mol. The molecule has 0 bridgehead atoms. The van der Waals surface area contributed by atoms with Crippen LogP contribution in [-0.2, 0) is 0 Å². The van der Waals surface area contributed by atoms with Crippen molar-refractivity contribution >= 4 is 33.2 Å². The summed E-state index contributed by atoms with van der Waals surface area (Å²) in [5.41, 5.74) is 0.452. The predicted octanol–water partition coefficient (Wildman–Crippen LogP) is 3.59. The Morgan fingerprint density at radius 3 is 2.70 bits per heavy atom. The van der Waals surface area contributed by atoms with E-state index in [1.807, 2.05) is 0 Å². The highest BCUT2D eigenvalue weighted by molar-refractivity contribution is 9.10. The van der Waals surface area contributed by atoms with Crippen LogP contribution in [0.4, 0.5) is 5.69 Å². The summed E-state index contributed by atoms with van der Waals surface area (Å²) in [5.74, 6) is 0. The Labute approximate surface area is 71.6 Å². The third-order valence-corrected chi connectivity index (χ3v) is 2.25. The zero-order chi connectivity index (χ0) is 7.56. The van der Waals surface area contributed by atoms with Gasteiger partial charge in [0.25, 0.3) is 0 Å². The fraction of sp³-hybridized carbons (Fsp3) is 0. The first kappa shape index (κ1) is 7.52. The normalized spacial score (nSPS) is 8.90. The lowest BCUT2D eigenvalue weighted by Crippen LogP contribution is -1.65. The molecule has 0 saturated heterocycles. The summed E-state index contributed by atoms with van der Waals surface area (Å²) in [7, 11) is 0. The highest BCUT2D eigenvalue weighted by Crippen LogP contribution is 2.26. The highest BCUT2D eigenvalue weighted by atomic mass is 79.9. The van der Waals surface area contributed by atoms with Crippen LogP contribution in [0.5, 0.6) is 0 Å². The van der Waals surface area contributed by atoms with Gasteiger partial charge in [-0.3, -0.25) is 0 Å². The van der Waals surface area contributed by atoms with Crippen LogP contribution in [0.3, 0.4) is 0 Å². The fourth-order valence-electron chi connectivity index (χ4n) is 0.547. The van der Waals surface area contributed by atoms with Crippen LogP contribution in [0.25, 0.3) is 4.98 Å². The van der Waals surface area contributed by atoms with Gasteiger partial charge in [0.05, 0.1) is 11.1 Å². The van der Waals surface area contributed by atoms with E-state index in [1.165, 1.54) is 0 Å². The first-order chi connectivity index (χ1) is 4.74. The fourth-order valence-corrected chi connectivity index (χ4v) is 0.969. The van der Waals surface area contributed by atoms with Crippen LogP contribution in [-0.4, -0.2) is 0 Å². The topological polar surface area (TPSA) is 28.1 Å². The maximum absolute atomic E-state index is 8.30. The Hall–Kier alpha value is -0.590. The van der Waals surface area contributed by atoms with Crippen molar-refractivity contribution in [2.24, 2.45) is 0 Å². The summed E-state index contributed by atoms with van der Waals surface area (Å²) < 4.78 is 0.793. The molecule has 1 rings (SSSR count). The van der Waals surface area contributed by atoms with Gasteiger partial charge in [0.2, 0.25) is 5.39 Å². The molecule has 0 amide bonds. The van der Waals surface area contributed by atoms with Gasteiger partial charge in [0.1, 0.15) is 0 Å². The van der Waals surface area contributed by atoms with Crippen molar-refractivity contribution in [3.05, 3.63) is 32.7 Å². The standard InChI is InChI=1S/C6H3BrClN2/c7-5-2-1-4(10-9)3-6(5)8/h1-3H/q+1. The molecule has 0 aliphatic rings. The lowest BCUT2D eigenvalue weighted by Gasteiger charge is -1.87. The molecule has 50 valence electrons. The summed E-state index contributed by atoms with van der Waals surface area (Å²) in [5, 5.41) is 8.84. The van der Waals surface area contributed by atoms with Gasteiger partial charge in [-0.25, -0.2) is 0 Å². The van der Waals surface area contributed by atoms with Crippen molar-refractivity contribution in [3.8, 4) is 0 Å². The second-order valence-electron chi connectivity index (χ2n) is 1.70. The van der Waals surface area contributed by atoms with E-state index in [-0.39, 0.29) is 0 Å². The van der Waals surface area contributed by atoms with Crippen LogP contribution in [0, 0.1) is 5.39 Å². The number of rotatable bonds is 0. The lowest BCUT2D eigenvalue weighted by molar-refractivity contribution is 1.46. The van der Waals surface area contributed by atoms with Crippen molar-refractivity contribution < 1.29 is 0 Å². The maximum Gasteiger partial charge on any atom is 0.386 e. The predicted molar refractivity (Wildman–Crippen MR) is 43.9 cm³/mol. The van der Waals surface area contributed by atoms with Gasteiger partial charge < -0.3 is 0 Å². The first-order valence-electron chi connectivity index (χ1n) is 2.54. The third kappa shape index (κ3) is 1.47. The molecule has 10 heavy (non-hydrogen) atoms. The third-order valence-electron chi connectivity index (χ3n) is 1.02. The maximum atomic E-state index is 8.30. The summed E-state index contributed by atoms with van der Waals surface area (Å²) >= 11 is 8.88. The van der Waals surface area contributed by atoms with E-state index in [0.29, 0.717) is 10.7 Å². The van der Waals surface area contributed by atoms with Crippen molar-refractivity contribution in [2.75, 3.05) is 0 Å². The molecule has 0 saturated carbocycles. The smallest absolute Gasteiger partial charge is 0.0828 e. The van der Waals surface area contributed by atoms with Crippen molar-refractivity contribution in [1.29, 1.82) is 5.39 Å². The minimum atomic E-state index is 0.452. The molecule has 0 N–H and O–H groups in total. The SMILES string of the molecule is N#[N+]c1ccc(Br)c(Cl)c1. The van der Waals surface area contributed by atoms with Crippen molar-refractivity contribution in [2.45, 2.75) is 0 Å². The molecule has 0 aliphatic carbocycles. The van der Waals surface area contributed by atoms with E-state index >= 15 is 0 Å². The molecular formula is C6H3BrClN2+. The van der Waals surface area contributed by atoms with Crippen LogP contribution in [0.15, 0.2) is 22.7 Å². The molecule has 0 atom stereocenters. The Morgan fingerprint density at radius 2 is 2.20 bits per heavy atom. The van der Waals surface area contributed by atoms with Gasteiger partial charge in [0, 0.05) is 10.5 Å². The number of benzene rings is 1. The molecule has 0 fully saturated rings. The molecule has 0 aromatic heterocycles. The van der Waals surface area contributed by atoms with Crippen LogP contribution in [0.1, 0.15) is 0 Å². The van der Waals surface area contributed by atoms with Crippen LogP contribution >= 0.6 is 27.5 Å². The van der Waals surface area contributed by atoms with E-state index in [2.05, 4.69) is 20.9 Å². The molecule has 0 unspecified atom stereocenters.